The molecule has 1 fully saturated rings. The Kier molecular flexibility index (Phi) is 5.93. The van der Waals surface area contributed by atoms with E-state index >= 15 is 0 Å². The van der Waals surface area contributed by atoms with Crippen LogP contribution in [0.3, 0.4) is 0 Å². The smallest absolute Gasteiger partial charge is 0.254 e. The number of hydrogen-bond donors (Lipinski definition) is 1. The molecule has 6 nitrogen and oxygen atoms in total. The fourth-order valence-corrected chi connectivity index (χ4v) is 3.93. The van der Waals surface area contributed by atoms with Gasteiger partial charge in [0.1, 0.15) is 0 Å². The van der Waals surface area contributed by atoms with Crippen LogP contribution in [0.4, 0.5) is 0 Å². The SMILES string of the molecule is COc1cc(CNC(=O)C2CCN(C(=O)c3cccc4ccccc34)CC2)ccn1. The third-order valence-corrected chi connectivity index (χ3v) is 5.65. The van der Waals surface area contributed by atoms with Gasteiger partial charge in [0.05, 0.1) is 7.11 Å². The maximum atomic E-state index is 13.1. The molecule has 0 radical (unpaired) electrons. The van der Waals surface area contributed by atoms with E-state index in [4.69, 9.17) is 4.74 Å². The number of pyridine rings is 1. The van der Waals surface area contributed by atoms with Gasteiger partial charge in [-0.2, -0.15) is 0 Å². The number of piperidine rings is 1. The number of methoxy groups -OCH3 is 1. The normalized spacial score (nSPS) is 14.5. The molecule has 2 aromatic carbocycles. The molecule has 0 atom stereocenters. The zero-order chi connectivity index (χ0) is 20.9. The van der Waals surface area contributed by atoms with Gasteiger partial charge in [0, 0.05) is 43.4 Å². The van der Waals surface area contributed by atoms with Crippen LogP contribution in [0.15, 0.2) is 60.8 Å². The molecule has 1 aliphatic heterocycles. The second-order valence-electron chi connectivity index (χ2n) is 7.52. The van der Waals surface area contributed by atoms with Crippen LogP contribution >= 0.6 is 0 Å². The number of benzene rings is 2. The molecular formula is C24H25N3O3. The van der Waals surface area contributed by atoms with Crippen LogP contribution in [0.1, 0.15) is 28.8 Å². The van der Waals surface area contributed by atoms with Gasteiger partial charge in [-0.15, -0.1) is 0 Å². The van der Waals surface area contributed by atoms with Crippen molar-refractivity contribution in [2.75, 3.05) is 20.2 Å². The summed E-state index contributed by atoms with van der Waals surface area (Å²) in [6.45, 7) is 1.61. The highest BCUT2D eigenvalue weighted by molar-refractivity contribution is 6.07. The highest BCUT2D eigenvalue weighted by Crippen LogP contribution is 2.24. The van der Waals surface area contributed by atoms with Crippen LogP contribution in [-0.2, 0) is 11.3 Å². The van der Waals surface area contributed by atoms with Gasteiger partial charge in [0.15, 0.2) is 0 Å². The number of likely N-dealkylation sites (tertiary alicyclic amines) is 1. The van der Waals surface area contributed by atoms with Gasteiger partial charge in [-0.05, 0) is 41.3 Å². The molecular weight excluding hydrogens is 378 g/mol. The maximum absolute atomic E-state index is 13.1. The quantitative estimate of drug-likeness (QED) is 0.709. The molecule has 1 aromatic heterocycles. The van der Waals surface area contributed by atoms with Crippen LogP contribution in [-0.4, -0.2) is 41.9 Å². The fourth-order valence-electron chi connectivity index (χ4n) is 3.93. The molecule has 3 aromatic rings. The Morgan fingerprint density at radius 3 is 2.67 bits per heavy atom. The van der Waals surface area contributed by atoms with Gasteiger partial charge < -0.3 is 15.0 Å². The fraction of sp³-hybridized carbons (Fsp3) is 0.292. The van der Waals surface area contributed by atoms with Crippen LogP contribution in [0.25, 0.3) is 10.8 Å². The van der Waals surface area contributed by atoms with Crippen LogP contribution < -0.4 is 10.1 Å². The summed E-state index contributed by atoms with van der Waals surface area (Å²) in [6, 6.07) is 17.4. The first-order chi connectivity index (χ1) is 14.7. The van der Waals surface area contributed by atoms with Crippen molar-refractivity contribution in [1.82, 2.24) is 15.2 Å². The van der Waals surface area contributed by atoms with Crippen molar-refractivity contribution < 1.29 is 14.3 Å². The second kappa shape index (κ2) is 8.95. The van der Waals surface area contributed by atoms with E-state index in [2.05, 4.69) is 10.3 Å². The first-order valence-corrected chi connectivity index (χ1v) is 10.2. The Morgan fingerprint density at radius 2 is 1.87 bits per heavy atom. The third-order valence-electron chi connectivity index (χ3n) is 5.65. The van der Waals surface area contributed by atoms with E-state index < -0.39 is 0 Å². The number of carbonyl (C=O) groups excluding carboxylic acids is 2. The van der Waals surface area contributed by atoms with Gasteiger partial charge in [-0.3, -0.25) is 9.59 Å². The molecule has 30 heavy (non-hydrogen) atoms. The monoisotopic (exact) mass is 403 g/mol. The summed E-state index contributed by atoms with van der Waals surface area (Å²) < 4.78 is 5.11. The first-order valence-electron chi connectivity index (χ1n) is 10.2. The van der Waals surface area contributed by atoms with E-state index in [0.717, 1.165) is 21.9 Å². The summed E-state index contributed by atoms with van der Waals surface area (Å²) in [5.41, 5.74) is 1.67. The van der Waals surface area contributed by atoms with Crippen molar-refractivity contribution in [2.45, 2.75) is 19.4 Å². The lowest BCUT2D eigenvalue weighted by molar-refractivity contribution is -0.126. The zero-order valence-electron chi connectivity index (χ0n) is 17.0. The maximum Gasteiger partial charge on any atom is 0.254 e. The summed E-state index contributed by atoms with van der Waals surface area (Å²) in [6.07, 6.45) is 3.00. The van der Waals surface area contributed by atoms with Gasteiger partial charge >= 0.3 is 0 Å². The summed E-state index contributed by atoms with van der Waals surface area (Å²) in [4.78, 5) is 31.6. The Labute approximate surface area is 175 Å². The van der Waals surface area contributed by atoms with Gasteiger partial charge in [-0.1, -0.05) is 36.4 Å². The summed E-state index contributed by atoms with van der Waals surface area (Å²) in [7, 11) is 1.57. The molecule has 0 saturated carbocycles. The zero-order valence-corrected chi connectivity index (χ0v) is 17.0. The van der Waals surface area contributed by atoms with E-state index in [1.165, 1.54) is 0 Å². The molecule has 0 bridgehead atoms. The predicted octanol–water partition coefficient (Wildman–Crippen LogP) is 3.41. The highest BCUT2D eigenvalue weighted by atomic mass is 16.5. The molecule has 2 heterocycles. The number of amides is 2. The van der Waals surface area contributed by atoms with Gasteiger partial charge in [0.2, 0.25) is 11.8 Å². The first kappa shape index (κ1) is 19.9. The number of aromatic nitrogens is 1. The van der Waals surface area contributed by atoms with Crippen molar-refractivity contribution in [3.63, 3.8) is 0 Å². The lowest BCUT2D eigenvalue weighted by Crippen LogP contribution is -2.43. The van der Waals surface area contributed by atoms with Crippen LogP contribution in [0, 0.1) is 5.92 Å². The second-order valence-corrected chi connectivity index (χ2v) is 7.52. The predicted molar refractivity (Wildman–Crippen MR) is 115 cm³/mol. The van der Waals surface area contributed by atoms with Crippen LogP contribution in [0.2, 0.25) is 0 Å². The van der Waals surface area contributed by atoms with Crippen molar-refractivity contribution in [3.05, 3.63) is 71.9 Å². The van der Waals surface area contributed by atoms with E-state index in [0.29, 0.717) is 38.4 Å². The number of rotatable bonds is 5. The standard InChI is InChI=1S/C24H25N3O3/c1-30-22-15-17(9-12-25-22)16-26-23(28)19-10-13-27(14-11-19)24(29)21-8-4-6-18-5-2-3-7-20(18)21/h2-9,12,15,19H,10-11,13-14,16H2,1H3,(H,26,28). The highest BCUT2D eigenvalue weighted by Gasteiger charge is 2.28. The number of nitrogens with zero attached hydrogens (tertiary/aromatic N) is 2. The number of fused-ring (bicyclic) bond motifs is 1. The van der Waals surface area contributed by atoms with Crippen LogP contribution in [0.5, 0.6) is 5.88 Å². The van der Waals surface area contributed by atoms with Crippen molar-refractivity contribution in [3.8, 4) is 5.88 Å². The minimum absolute atomic E-state index is 0.0306. The third kappa shape index (κ3) is 4.27. The Balaban J connectivity index is 1.34. The molecule has 0 spiro atoms. The Hall–Kier alpha value is -3.41. The molecule has 0 unspecified atom stereocenters. The minimum Gasteiger partial charge on any atom is -0.481 e. The van der Waals surface area contributed by atoms with Gasteiger partial charge in [-0.25, -0.2) is 4.98 Å². The topological polar surface area (TPSA) is 71.5 Å². The minimum atomic E-state index is -0.0784. The average Bonchev–Trinajstić information content (AvgIpc) is 2.82. The molecule has 154 valence electrons. The van der Waals surface area contributed by atoms with Gasteiger partial charge in [0.25, 0.3) is 5.91 Å². The molecule has 2 amide bonds. The largest absolute Gasteiger partial charge is 0.481 e. The number of ether oxygens (including phenoxy) is 1. The Morgan fingerprint density at radius 1 is 1.10 bits per heavy atom. The molecule has 6 heteroatoms. The number of nitrogens with one attached hydrogen (secondary N) is 1. The molecule has 1 saturated heterocycles. The summed E-state index contributed by atoms with van der Waals surface area (Å²) in [5, 5.41) is 5.02. The summed E-state index contributed by atoms with van der Waals surface area (Å²) in [5.74, 6) is 0.518. The molecule has 1 aliphatic rings. The van der Waals surface area contributed by atoms with Crippen molar-refractivity contribution in [1.29, 1.82) is 0 Å². The van der Waals surface area contributed by atoms with E-state index in [1.807, 2.05) is 59.5 Å². The van der Waals surface area contributed by atoms with E-state index in [-0.39, 0.29) is 17.7 Å². The average molecular weight is 403 g/mol. The van der Waals surface area contributed by atoms with E-state index in [9.17, 15) is 9.59 Å². The Bertz CT molecular complexity index is 1050. The van der Waals surface area contributed by atoms with E-state index in [1.54, 1.807) is 13.3 Å². The molecule has 0 aliphatic carbocycles. The number of hydrogen-bond acceptors (Lipinski definition) is 4. The summed E-state index contributed by atoms with van der Waals surface area (Å²) >= 11 is 0. The number of carbonyl (C=O) groups is 2. The molecule has 1 N–H and O–H groups in total. The lowest BCUT2D eigenvalue weighted by Gasteiger charge is -2.31. The van der Waals surface area contributed by atoms with Crippen molar-refractivity contribution >= 4 is 22.6 Å². The molecule has 4 rings (SSSR count). The van der Waals surface area contributed by atoms with Crippen molar-refractivity contribution in [2.24, 2.45) is 5.92 Å². The lowest BCUT2D eigenvalue weighted by atomic mass is 9.94.